The molecular formula is C15H19NO3. The third-order valence-corrected chi connectivity index (χ3v) is 3.35. The molecule has 0 spiro atoms. The number of amides is 2. The lowest BCUT2D eigenvalue weighted by Gasteiger charge is -2.12. The van der Waals surface area contributed by atoms with Crippen LogP contribution in [0, 0.1) is 5.92 Å². The Morgan fingerprint density at radius 2 is 2.05 bits per heavy atom. The normalized spacial score (nSPS) is 18.8. The molecule has 4 nitrogen and oxygen atoms in total. The SMILES string of the molecule is CC(C)C1CN(C(=O)CCc2ccccc2)C(=O)O1. The molecule has 1 aromatic rings. The first-order chi connectivity index (χ1) is 9.08. The number of aryl methyl sites for hydroxylation is 1. The summed E-state index contributed by atoms with van der Waals surface area (Å²) in [6.45, 7) is 4.34. The molecule has 0 saturated carbocycles. The summed E-state index contributed by atoms with van der Waals surface area (Å²) >= 11 is 0. The predicted octanol–water partition coefficient (Wildman–Crippen LogP) is 2.62. The highest BCUT2D eigenvalue weighted by molar-refractivity contribution is 5.93. The first-order valence-corrected chi connectivity index (χ1v) is 6.63. The van der Waals surface area contributed by atoms with Crippen LogP contribution in [0.25, 0.3) is 0 Å². The second kappa shape index (κ2) is 5.87. The maximum atomic E-state index is 12.0. The van der Waals surface area contributed by atoms with Gasteiger partial charge in [0.15, 0.2) is 0 Å². The Hall–Kier alpha value is -1.84. The van der Waals surface area contributed by atoms with Crippen LogP contribution in [-0.2, 0) is 16.0 Å². The Bertz CT molecular complexity index is 456. The summed E-state index contributed by atoms with van der Waals surface area (Å²) in [5.74, 6) is 0.0767. The molecule has 2 amide bonds. The molecular weight excluding hydrogens is 242 g/mol. The van der Waals surface area contributed by atoms with E-state index >= 15 is 0 Å². The Labute approximate surface area is 113 Å². The summed E-state index contributed by atoms with van der Waals surface area (Å²) in [6, 6.07) is 9.78. The largest absolute Gasteiger partial charge is 0.444 e. The number of rotatable bonds is 4. The zero-order valence-corrected chi connectivity index (χ0v) is 11.3. The van der Waals surface area contributed by atoms with Gasteiger partial charge in [0.1, 0.15) is 6.10 Å². The van der Waals surface area contributed by atoms with Crippen molar-refractivity contribution in [2.75, 3.05) is 6.54 Å². The lowest BCUT2D eigenvalue weighted by Crippen LogP contribution is -2.33. The van der Waals surface area contributed by atoms with Crippen molar-refractivity contribution in [2.24, 2.45) is 5.92 Å². The van der Waals surface area contributed by atoms with Gasteiger partial charge >= 0.3 is 6.09 Å². The first kappa shape index (κ1) is 13.6. The van der Waals surface area contributed by atoms with Crippen LogP contribution in [0.3, 0.4) is 0 Å². The molecule has 102 valence electrons. The molecule has 0 bridgehead atoms. The van der Waals surface area contributed by atoms with E-state index in [9.17, 15) is 9.59 Å². The van der Waals surface area contributed by atoms with Crippen molar-refractivity contribution < 1.29 is 14.3 Å². The number of benzene rings is 1. The standard InChI is InChI=1S/C15H19NO3/c1-11(2)13-10-16(15(18)19-13)14(17)9-8-12-6-4-3-5-7-12/h3-7,11,13H,8-10H2,1-2H3. The van der Waals surface area contributed by atoms with Crippen LogP contribution in [0.1, 0.15) is 25.8 Å². The zero-order valence-electron chi connectivity index (χ0n) is 11.3. The topological polar surface area (TPSA) is 46.6 Å². The molecule has 0 N–H and O–H groups in total. The molecule has 19 heavy (non-hydrogen) atoms. The number of ether oxygens (including phenoxy) is 1. The summed E-state index contributed by atoms with van der Waals surface area (Å²) in [5.41, 5.74) is 1.10. The fourth-order valence-electron chi connectivity index (χ4n) is 2.07. The third-order valence-electron chi connectivity index (χ3n) is 3.35. The summed E-state index contributed by atoms with van der Waals surface area (Å²) < 4.78 is 5.17. The monoisotopic (exact) mass is 261 g/mol. The highest BCUT2D eigenvalue weighted by Gasteiger charge is 2.36. The number of imide groups is 1. The molecule has 1 saturated heterocycles. The van der Waals surface area contributed by atoms with E-state index in [1.807, 2.05) is 44.2 Å². The van der Waals surface area contributed by atoms with Crippen molar-refractivity contribution in [3.05, 3.63) is 35.9 Å². The van der Waals surface area contributed by atoms with Crippen LogP contribution in [0.4, 0.5) is 4.79 Å². The van der Waals surface area contributed by atoms with Crippen LogP contribution in [0.2, 0.25) is 0 Å². The highest BCUT2D eigenvalue weighted by atomic mass is 16.6. The summed E-state index contributed by atoms with van der Waals surface area (Å²) in [7, 11) is 0. The molecule has 1 atom stereocenters. The molecule has 0 radical (unpaired) electrons. The van der Waals surface area contributed by atoms with Gasteiger partial charge in [-0.1, -0.05) is 44.2 Å². The molecule has 2 rings (SSSR count). The molecule has 1 aliphatic heterocycles. The van der Waals surface area contributed by atoms with E-state index in [0.717, 1.165) is 5.56 Å². The summed E-state index contributed by atoms with van der Waals surface area (Å²) in [6.07, 6.45) is 0.310. The number of hydrogen-bond acceptors (Lipinski definition) is 3. The van der Waals surface area contributed by atoms with Gasteiger partial charge in [-0.15, -0.1) is 0 Å². The van der Waals surface area contributed by atoms with Crippen LogP contribution in [-0.4, -0.2) is 29.5 Å². The van der Waals surface area contributed by atoms with Gasteiger partial charge in [0.25, 0.3) is 0 Å². The Balaban J connectivity index is 1.89. The van der Waals surface area contributed by atoms with Crippen molar-refractivity contribution in [3.8, 4) is 0 Å². The highest BCUT2D eigenvalue weighted by Crippen LogP contribution is 2.19. The fourth-order valence-corrected chi connectivity index (χ4v) is 2.07. The van der Waals surface area contributed by atoms with Crippen molar-refractivity contribution in [1.82, 2.24) is 4.90 Å². The quantitative estimate of drug-likeness (QED) is 0.837. The van der Waals surface area contributed by atoms with Gasteiger partial charge in [0, 0.05) is 6.42 Å². The van der Waals surface area contributed by atoms with Crippen LogP contribution >= 0.6 is 0 Å². The van der Waals surface area contributed by atoms with E-state index in [4.69, 9.17) is 4.74 Å². The number of hydrogen-bond donors (Lipinski definition) is 0. The predicted molar refractivity (Wildman–Crippen MR) is 71.6 cm³/mol. The van der Waals surface area contributed by atoms with E-state index in [2.05, 4.69) is 0 Å². The molecule has 1 unspecified atom stereocenters. The van der Waals surface area contributed by atoms with Gasteiger partial charge in [-0.2, -0.15) is 0 Å². The second-order valence-corrected chi connectivity index (χ2v) is 5.16. The number of carbonyl (C=O) groups excluding carboxylic acids is 2. The van der Waals surface area contributed by atoms with Crippen molar-refractivity contribution in [1.29, 1.82) is 0 Å². The first-order valence-electron chi connectivity index (χ1n) is 6.63. The van der Waals surface area contributed by atoms with Crippen molar-refractivity contribution in [2.45, 2.75) is 32.8 Å². The van der Waals surface area contributed by atoms with E-state index in [0.29, 0.717) is 19.4 Å². The number of cyclic esters (lactones) is 1. The third kappa shape index (κ3) is 3.34. The minimum Gasteiger partial charge on any atom is -0.444 e. The number of nitrogens with zero attached hydrogens (tertiary/aromatic N) is 1. The Morgan fingerprint density at radius 3 is 2.63 bits per heavy atom. The molecule has 0 aliphatic carbocycles. The van der Waals surface area contributed by atoms with Crippen LogP contribution in [0.15, 0.2) is 30.3 Å². The van der Waals surface area contributed by atoms with Gasteiger partial charge < -0.3 is 4.74 Å². The smallest absolute Gasteiger partial charge is 0.416 e. The maximum Gasteiger partial charge on any atom is 0.416 e. The van der Waals surface area contributed by atoms with Crippen molar-refractivity contribution >= 4 is 12.0 Å². The van der Waals surface area contributed by atoms with E-state index in [-0.39, 0.29) is 17.9 Å². The average molecular weight is 261 g/mol. The average Bonchev–Trinajstić information content (AvgIpc) is 2.80. The molecule has 1 heterocycles. The summed E-state index contributed by atoms with van der Waals surface area (Å²) in [4.78, 5) is 24.9. The Morgan fingerprint density at radius 1 is 1.37 bits per heavy atom. The van der Waals surface area contributed by atoms with E-state index < -0.39 is 6.09 Å². The maximum absolute atomic E-state index is 12.0. The minimum absolute atomic E-state index is 0.156. The van der Waals surface area contributed by atoms with Crippen molar-refractivity contribution in [3.63, 3.8) is 0 Å². The molecule has 1 fully saturated rings. The zero-order chi connectivity index (χ0) is 13.8. The van der Waals surface area contributed by atoms with Gasteiger partial charge in [-0.3, -0.25) is 4.79 Å². The van der Waals surface area contributed by atoms with Gasteiger partial charge in [0.05, 0.1) is 6.54 Å². The lowest BCUT2D eigenvalue weighted by atomic mass is 10.1. The van der Waals surface area contributed by atoms with Gasteiger partial charge in [-0.25, -0.2) is 9.69 Å². The van der Waals surface area contributed by atoms with Gasteiger partial charge in [-0.05, 0) is 17.9 Å². The van der Waals surface area contributed by atoms with Gasteiger partial charge in [0.2, 0.25) is 5.91 Å². The molecule has 0 aromatic heterocycles. The van der Waals surface area contributed by atoms with E-state index in [1.165, 1.54) is 4.90 Å². The fraction of sp³-hybridized carbons (Fsp3) is 0.467. The summed E-state index contributed by atoms with van der Waals surface area (Å²) in [5, 5.41) is 0. The van der Waals surface area contributed by atoms with Crippen LogP contribution < -0.4 is 0 Å². The molecule has 4 heteroatoms. The number of carbonyl (C=O) groups is 2. The van der Waals surface area contributed by atoms with E-state index in [1.54, 1.807) is 0 Å². The minimum atomic E-state index is -0.503. The van der Waals surface area contributed by atoms with Crippen LogP contribution in [0.5, 0.6) is 0 Å². The lowest BCUT2D eigenvalue weighted by molar-refractivity contribution is -0.127. The Kier molecular flexibility index (Phi) is 4.20. The molecule has 1 aromatic carbocycles. The second-order valence-electron chi connectivity index (χ2n) is 5.16. The molecule has 1 aliphatic rings.